The van der Waals surface area contributed by atoms with E-state index in [0.29, 0.717) is 36.2 Å². The Morgan fingerprint density at radius 2 is 2.00 bits per heavy atom. The van der Waals surface area contributed by atoms with Crippen LogP contribution in [0.25, 0.3) is 32.9 Å². The molecule has 0 spiro atoms. The van der Waals surface area contributed by atoms with Gasteiger partial charge in [0, 0.05) is 30.8 Å². The number of aryl methyl sites for hydroxylation is 1. The van der Waals surface area contributed by atoms with Crippen molar-refractivity contribution in [3.63, 3.8) is 0 Å². The molecule has 10 heteroatoms. The predicted molar refractivity (Wildman–Crippen MR) is 169 cm³/mol. The minimum absolute atomic E-state index is 0.0228. The van der Waals surface area contributed by atoms with Crippen LogP contribution in [-0.4, -0.2) is 79.2 Å². The minimum atomic E-state index is -0.919. The maximum Gasteiger partial charge on any atom is 0.319 e. The number of pyridine rings is 1. The van der Waals surface area contributed by atoms with E-state index in [1.54, 1.807) is 18.3 Å². The predicted octanol–water partition coefficient (Wildman–Crippen LogP) is 6.09. The number of hydrogen-bond acceptors (Lipinski definition) is 8. The minimum Gasteiger partial charge on any atom is -0.508 e. The number of piperidine rings is 1. The molecule has 3 unspecified atom stereocenters. The summed E-state index contributed by atoms with van der Waals surface area (Å²) in [5.41, 5.74) is 0.343. The van der Waals surface area contributed by atoms with Crippen LogP contribution >= 0.6 is 0 Å². The van der Waals surface area contributed by atoms with Gasteiger partial charge in [0.1, 0.15) is 35.6 Å². The molecule has 5 atom stereocenters. The van der Waals surface area contributed by atoms with Crippen LogP contribution in [0.15, 0.2) is 36.5 Å². The van der Waals surface area contributed by atoms with Crippen LogP contribution in [0.5, 0.6) is 11.8 Å². The molecule has 236 valence electrons. The quantitative estimate of drug-likeness (QED) is 0.269. The summed E-state index contributed by atoms with van der Waals surface area (Å²) in [6.07, 6.45) is 6.85. The number of phenolic OH excluding ortho intramolecular Hbond substituents is 1. The van der Waals surface area contributed by atoms with Gasteiger partial charge in [0.25, 0.3) is 0 Å². The van der Waals surface area contributed by atoms with Crippen molar-refractivity contribution in [2.75, 3.05) is 24.6 Å². The molecule has 2 bridgehead atoms. The number of hydrogen-bond donors (Lipinski definition) is 2. The second-order valence-electron chi connectivity index (χ2n) is 13.8. The molecule has 2 aromatic carbocycles. The molecule has 4 fully saturated rings. The van der Waals surface area contributed by atoms with Crippen LogP contribution in [0, 0.1) is 5.82 Å². The number of benzene rings is 2. The number of rotatable bonds is 6. The number of ether oxygens (including phenoxy) is 1. The van der Waals surface area contributed by atoms with Crippen LogP contribution in [0.4, 0.5) is 14.6 Å². The van der Waals surface area contributed by atoms with E-state index in [2.05, 4.69) is 19.8 Å². The summed E-state index contributed by atoms with van der Waals surface area (Å²) in [5, 5.41) is 24.1. The molecule has 0 radical (unpaired) electrons. The Kier molecular flexibility index (Phi) is 6.69. The highest BCUT2D eigenvalue weighted by Gasteiger charge is 2.51. The Balaban J connectivity index is 1.29. The van der Waals surface area contributed by atoms with Crippen LogP contribution in [0.1, 0.15) is 64.4 Å². The lowest BCUT2D eigenvalue weighted by Gasteiger charge is -2.44. The first-order valence-electron chi connectivity index (χ1n) is 16.3. The maximum absolute atomic E-state index is 16.9. The SMILES string of the molecule is CCc1cccc2cc(O)cc(-c3ncc4c(N5C6CCC5C(C)(O)CC6)nc(OC[C@@]56CCCN5C[C@H](F)C6)nc4c3F)c12. The molecule has 2 N–H and O–H groups in total. The summed E-state index contributed by atoms with van der Waals surface area (Å²) in [7, 11) is 0. The summed E-state index contributed by atoms with van der Waals surface area (Å²) in [6.45, 7) is 5.37. The summed E-state index contributed by atoms with van der Waals surface area (Å²) < 4.78 is 37.8. The molecule has 0 saturated carbocycles. The number of aromatic hydroxyl groups is 1. The van der Waals surface area contributed by atoms with Gasteiger partial charge in [0.15, 0.2) is 5.82 Å². The van der Waals surface area contributed by atoms with Gasteiger partial charge < -0.3 is 19.8 Å². The van der Waals surface area contributed by atoms with Gasteiger partial charge in [-0.15, -0.1) is 0 Å². The van der Waals surface area contributed by atoms with E-state index in [1.165, 1.54) is 0 Å². The number of phenols is 1. The normalized spacial score (nSPS) is 29.6. The van der Waals surface area contributed by atoms with Gasteiger partial charge in [-0.2, -0.15) is 9.97 Å². The summed E-state index contributed by atoms with van der Waals surface area (Å²) >= 11 is 0. The summed E-state index contributed by atoms with van der Waals surface area (Å²) in [5.74, 6) is -0.0963. The number of aromatic nitrogens is 3. The van der Waals surface area contributed by atoms with E-state index in [4.69, 9.17) is 9.72 Å². The van der Waals surface area contributed by atoms with Crippen molar-refractivity contribution < 1.29 is 23.7 Å². The van der Waals surface area contributed by atoms with Crippen molar-refractivity contribution >= 4 is 27.5 Å². The number of halogens is 2. The molecule has 8 rings (SSSR count). The highest BCUT2D eigenvalue weighted by molar-refractivity contribution is 6.01. The zero-order valence-corrected chi connectivity index (χ0v) is 25.8. The first-order valence-corrected chi connectivity index (χ1v) is 16.3. The number of fused-ring (bicyclic) bond motifs is 5. The van der Waals surface area contributed by atoms with E-state index < -0.39 is 23.1 Å². The second kappa shape index (κ2) is 10.5. The molecular formula is C35H39F2N5O3. The van der Waals surface area contributed by atoms with E-state index in [0.717, 1.165) is 61.4 Å². The standard InChI is InChI=1S/C35H39F2N5O3/c1-3-20-6-4-7-21-14-24(43)15-25(28(20)21)30-29(37)31-26(17-38-30)32(42-23-8-9-27(42)34(2,44)12-10-23)40-33(39-31)45-19-35-11-5-13-41(35)18-22(36)16-35/h4,6-7,14-15,17,22-23,27,43-44H,3,5,8-13,16,18-19H2,1-2H3/t22-,23?,27?,34?,35+/m1/s1. The van der Waals surface area contributed by atoms with Crippen molar-refractivity contribution in [1.82, 2.24) is 19.9 Å². The van der Waals surface area contributed by atoms with Crippen molar-refractivity contribution in [2.24, 2.45) is 0 Å². The summed E-state index contributed by atoms with van der Waals surface area (Å²) in [4.78, 5) is 18.5. The largest absolute Gasteiger partial charge is 0.508 e. The smallest absolute Gasteiger partial charge is 0.319 e. The van der Waals surface area contributed by atoms with Crippen molar-refractivity contribution in [1.29, 1.82) is 0 Å². The summed E-state index contributed by atoms with van der Waals surface area (Å²) in [6, 6.07) is 9.08. The topological polar surface area (TPSA) is 94.8 Å². The van der Waals surface area contributed by atoms with E-state index in [1.807, 2.05) is 32.0 Å². The van der Waals surface area contributed by atoms with Crippen molar-refractivity contribution in [3.8, 4) is 23.0 Å². The van der Waals surface area contributed by atoms with Crippen molar-refractivity contribution in [3.05, 3.63) is 47.9 Å². The second-order valence-corrected chi connectivity index (χ2v) is 13.8. The molecule has 2 aromatic heterocycles. The van der Waals surface area contributed by atoms with Gasteiger partial charge >= 0.3 is 6.01 Å². The first-order chi connectivity index (χ1) is 21.7. The van der Waals surface area contributed by atoms with Crippen LogP contribution in [0.2, 0.25) is 0 Å². The molecule has 0 amide bonds. The molecule has 0 aliphatic carbocycles. The Morgan fingerprint density at radius 1 is 1.13 bits per heavy atom. The molecule has 4 aromatic rings. The van der Waals surface area contributed by atoms with Gasteiger partial charge in [0.05, 0.1) is 22.6 Å². The van der Waals surface area contributed by atoms with Gasteiger partial charge in [0.2, 0.25) is 0 Å². The first kappa shape index (κ1) is 28.8. The fraction of sp³-hybridized carbons (Fsp3) is 0.514. The Morgan fingerprint density at radius 3 is 2.84 bits per heavy atom. The molecule has 8 nitrogen and oxygen atoms in total. The van der Waals surface area contributed by atoms with Gasteiger partial charge in [-0.3, -0.25) is 9.88 Å². The number of alkyl halides is 1. The maximum atomic E-state index is 16.9. The lowest BCUT2D eigenvalue weighted by molar-refractivity contribution is 0.0123. The van der Waals surface area contributed by atoms with E-state index >= 15 is 4.39 Å². The van der Waals surface area contributed by atoms with E-state index in [-0.39, 0.29) is 41.7 Å². The van der Waals surface area contributed by atoms with Gasteiger partial charge in [-0.05, 0) is 86.9 Å². The van der Waals surface area contributed by atoms with Gasteiger partial charge in [-0.1, -0.05) is 25.1 Å². The van der Waals surface area contributed by atoms with E-state index in [9.17, 15) is 14.6 Å². The highest BCUT2D eigenvalue weighted by Crippen LogP contribution is 2.47. The molecule has 4 saturated heterocycles. The number of aliphatic hydroxyl groups is 1. The van der Waals surface area contributed by atoms with Crippen LogP contribution in [0.3, 0.4) is 0 Å². The Hall–Kier alpha value is -3.63. The Labute approximate surface area is 261 Å². The zero-order valence-electron chi connectivity index (χ0n) is 25.8. The monoisotopic (exact) mass is 615 g/mol. The lowest BCUT2D eigenvalue weighted by atomic mass is 9.87. The highest BCUT2D eigenvalue weighted by atomic mass is 19.1. The third-order valence-corrected chi connectivity index (χ3v) is 11.0. The molecule has 4 aliphatic heterocycles. The third-order valence-electron chi connectivity index (χ3n) is 11.0. The Bertz CT molecular complexity index is 1820. The third kappa shape index (κ3) is 4.54. The fourth-order valence-electron chi connectivity index (χ4n) is 8.81. The number of nitrogens with zero attached hydrogens (tertiary/aromatic N) is 5. The average molecular weight is 616 g/mol. The van der Waals surface area contributed by atoms with Crippen molar-refractivity contribution in [2.45, 2.75) is 94.6 Å². The average Bonchev–Trinajstić information content (AvgIpc) is 3.67. The van der Waals surface area contributed by atoms with Crippen LogP contribution < -0.4 is 9.64 Å². The molecule has 45 heavy (non-hydrogen) atoms. The lowest BCUT2D eigenvalue weighted by Crippen LogP contribution is -2.54. The molecule has 6 heterocycles. The van der Waals surface area contributed by atoms with Crippen LogP contribution in [-0.2, 0) is 6.42 Å². The zero-order chi connectivity index (χ0) is 31.1. The molecule has 4 aliphatic rings. The van der Waals surface area contributed by atoms with Gasteiger partial charge in [-0.25, -0.2) is 8.78 Å². The number of anilines is 1. The fourth-order valence-corrected chi connectivity index (χ4v) is 8.81. The molecular weight excluding hydrogens is 576 g/mol.